The van der Waals surface area contributed by atoms with Gasteiger partial charge in [-0.3, -0.25) is 14.3 Å². The van der Waals surface area contributed by atoms with Gasteiger partial charge in [0.2, 0.25) is 0 Å². The summed E-state index contributed by atoms with van der Waals surface area (Å²) < 4.78 is 12.8. The summed E-state index contributed by atoms with van der Waals surface area (Å²) in [4.78, 5) is 16.6. The second-order valence-corrected chi connectivity index (χ2v) is 8.06. The Morgan fingerprint density at radius 2 is 1.93 bits per heavy atom. The Labute approximate surface area is 179 Å². The van der Waals surface area contributed by atoms with E-state index in [1.54, 1.807) is 19.5 Å². The van der Waals surface area contributed by atoms with E-state index in [9.17, 15) is 4.79 Å². The molecule has 0 N–H and O–H groups in total. The third kappa shape index (κ3) is 4.81. The van der Waals surface area contributed by atoms with Gasteiger partial charge in [0.05, 0.1) is 12.9 Å². The molecule has 1 aliphatic rings. The molecule has 2 heterocycles. The van der Waals surface area contributed by atoms with Crippen LogP contribution in [-0.4, -0.2) is 44.7 Å². The lowest BCUT2D eigenvalue weighted by molar-refractivity contribution is -0.147. The molecule has 156 valence electrons. The number of hydrogen-bond acceptors (Lipinski definition) is 7. The SMILES string of the molecule is COc1ccc(-n2c(SCC(=O)OC3CCCCC3)nnc2-c2cccnc2)cc1. The van der Waals surface area contributed by atoms with E-state index in [0.717, 1.165) is 42.7 Å². The maximum atomic E-state index is 12.4. The number of pyridine rings is 1. The largest absolute Gasteiger partial charge is 0.497 e. The maximum Gasteiger partial charge on any atom is 0.316 e. The Kier molecular flexibility index (Phi) is 6.63. The van der Waals surface area contributed by atoms with Crippen LogP contribution in [0.1, 0.15) is 32.1 Å². The van der Waals surface area contributed by atoms with Gasteiger partial charge in [0.15, 0.2) is 11.0 Å². The zero-order valence-corrected chi connectivity index (χ0v) is 17.7. The molecular formula is C22H24N4O3S. The highest BCUT2D eigenvalue weighted by molar-refractivity contribution is 7.99. The number of carbonyl (C=O) groups excluding carboxylic acids is 1. The minimum Gasteiger partial charge on any atom is -0.497 e. The van der Waals surface area contributed by atoms with Crippen molar-refractivity contribution in [3.63, 3.8) is 0 Å². The van der Waals surface area contributed by atoms with E-state index in [2.05, 4.69) is 15.2 Å². The summed E-state index contributed by atoms with van der Waals surface area (Å²) in [6, 6.07) is 11.4. The van der Waals surface area contributed by atoms with E-state index < -0.39 is 0 Å². The zero-order valence-electron chi connectivity index (χ0n) is 16.9. The molecule has 0 amide bonds. The van der Waals surface area contributed by atoms with Crippen molar-refractivity contribution in [2.75, 3.05) is 12.9 Å². The average molecular weight is 425 g/mol. The van der Waals surface area contributed by atoms with Crippen LogP contribution >= 0.6 is 11.8 Å². The third-order valence-electron chi connectivity index (χ3n) is 5.05. The maximum absolute atomic E-state index is 12.4. The first-order valence-electron chi connectivity index (χ1n) is 10.1. The summed E-state index contributed by atoms with van der Waals surface area (Å²) >= 11 is 1.33. The molecule has 30 heavy (non-hydrogen) atoms. The Morgan fingerprint density at radius 3 is 2.63 bits per heavy atom. The number of nitrogens with zero attached hydrogens (tertiary/aromatic N) is 4. The second kappa shape index (κ2) is 9.75. The van der Waals surface area contributed by atoms with Crippen LogP contribution in [0.25, 0.3) is 17.1 Å². The molecule has 1 saturated carbocycles. The van der Waals surface area contributed by atoms with Crippen molar-refractivity contribution in [2.24, 2.45) is 0 Å². The number of methoxy groups -OCH3 is 1. The van der Waals surface area contributed by atoms with Gasteiger partial charge < -0.3 is 9.47 Å². The molecule has 3 aromatic rings. The lowest BCUT2D eigenvalue weighted by atomic mass is 9.98. The van der Waals surface area contributed by atoms with Crippen molar-refractivity contribution in [3.05, 3.63) is 48.8 Å². The van der Waals surface area contributed by atoms with Crippen LogP contribution < -0.4 is 4.74 Å². The van der Waals surface area contributed by atoms with Crippen molar-refractivity contribution in [1.29, 1.82) is 0 Å². The van der Waals surface area contributed by atoms with Crippen molar-refractivity contribution in [3.8, 4) is 22.8 Å². The molecule has 4 rings (SSSR count). The lowest BCUT2D eigenvalue weighted by Gasteiger charge is -2.21. The molecule has 0 radical (unpaired) electrons. The predicted octanol–water partition coefficient (Wildman–Crippen LogP) is 4.31. The first-order chi connectivity index (χ1) is 14.7. The summed E-state index contributed by atoms with van der Waals surface area (Å²) in [5.41, 5.74) is 1.72. The van der Waals surface area contributed by atoms with Crippen LogP contribution in [0.2, 0.25) is 0 Å². The van der Waals surface area contributed by atoms with Gasteiger partial charge in [0.25, 0.3) is 0 Å². The van der Waals surface area contributed by atoms with Crippen LogP contribution in [0.4, 0.5) is 0 Å². The molecule has 8 heteroatoms. The number of thioether (sulfide) groups is 1. The van der Waals surface area contributed by atoms with Gasteiger partial charge in [-0.1, -0.05) is 18.2 Å². The number of rotatable bonds is 7. The Hall–Kier alpha value is -2.87. The van der Waals surface area contributed by atoms with Crippen molar-refractivity contribution in [2.45, 2.75) is 43.4 Å². The first-order valence-corrected chi connectivity index (χ1v) is 11.1. The van der Waals surface area contributed by atoms with Crippen molar-refractivity contribution in [1.82, 2.24) is 19.7 Å². The molecule has 2 aromatic heterocycles. The normalized spacial score (nSPS) is 14.4. The topological polar surface area (TPSA) is 79.1 Å². The number of benzene rings is 1. The van der Waals surface area contributed by atoms with E-state index in [0.29, 0.717) is 11.0 Å². The summed E-state index contributed by atoms with van der Waals surface area (Å²) in [6.07, 6.45) is 8.93. The molecular weight excluding hydrogens is 400 g/mol. The predicted molar refractivity (Wildman–Crippen MR) is 115 cm³/mol. The van der Waals surface area contributed by atoms with Gasteiger partial charge in [-0.05, 0) is 62.1 Å². The number of ether oxygens (including phenoxy) is 2. The fraction of sp³-hybridized carbons (Fsp3) is 0.364. The Bertz CT molecular complexity index is 970. The minimum absolute atomic E-state index is 0.0530. The third-order valence-corrected chi connectivity index (χ3v) is 5.96. The van der Waals surface area contributed by atoms with Crippen LogP contribution in [0, 0.1) is 0 Å². The molecule has 7 nitrogen and oxygen atoms in total. The zero-order chi connectivity index (χ0) is 20.8. The highest BCUT2D eigenvalue weighted by Crippen LogP contribution is 2.29. The van der Waals surface area contributed by atoms with E-state index in [-0.39, 0.29) is 17.8 Å². The molecule has 1 aliphatic carbocycles. The monoisotopic (exact) mass is 424 g/mol. The highest BCUT2D eigenvalue weighted by Gasteiger charge is 2.20. The summed E-state index contributed by atoms with van der Waals surface area (Å²) in [5, 5.41) is 9.33. The molecule has 0 aliphatic heterocycles. The van der Waals surface area contributed by atoms with Crippen molar-refractivity contribution >= 4 is 17.7 Å². The Balaban J connectivity index is 1.56. The molecule has 1 fully saturated rings. The summed E-state index contributed by atoms with van der Waals surface area (Å²) in [6.45, 7) is 0. The Morgan fingerprint density at radius 1 is 1.13 bits per heavy atom. The fourth-order valence-corrected chi connectivity index (χ4v) is 4.27. The second-order valence-electron chi connectivity index (χ2n) is 7.12. The number of aromatic nitrogens is 4. The van der Waals surface area contributed by atoms with Gasteiger partial charge in [-0.25, -0.2) is 0 Å². The molecule has 0 saturated heterocycles. The van der Waals surface area contributed by atoms with E-state index in [1.807, 2.05) is 41.0 Å². The van der Waals surface area contributed by atoms with Gasteiger partial charge in [0.1, 0.15) is 11.9 Å². The van der Waals surface area contributed by atoms with Crippen LogP contribution in [-0.2, 0) is 9.53 Å². The fourth-order valence-electron chi connectivity index (χ4n) is 3.54. The quantitative estimate of drug-likeness (QED) is 0.413. The van der Waals surface area contributed by atoms with Gasteiger partial charge in [-0.15, -0.1) is 10.2 Å². The highest BCUT2D eigenvalue weighted by atomic mass is 32.2. The minimum atomic E-state index is -0.209. The molecule has 0 spiro atoms. The first kappa shape index (κ1) is 20.4. The number of hydrogen-bond donors (Lipinski definition) is 0. The van der Waals surface area contributed by atoms with Crippen LogP contribution in [0.5, 0.6) is 5.75 Å². The lowest BCUT2D eigenvalue weighted by Crippen LogP contribution is -2.22. The van der Waals surface area contributed by atoms with Gasteiger partial charge >= 0.3 is 5.97 Å². The molecule has 1 aromatic carbocycles. The van der Waals surface area contributed by atoms with E-state index in [1.165, 1.54) is 18.2 Å². The van der Waals surface area contributed by atoms with E-state index >= 15 is 0 Å². The van der Waals surface area contributed by atoms with Crippen molar-refractivity contribution < 1.29 is 14.3 Å². The van der Waals surface area contributed by atoms with Crippen LogP contribution in [0.15, 0.2) is 53.9 Å². The molecule has 0 atom stereocenters. The smallest absolute Gasteiger partial charge is 0.316 e. The van der Waals surface area contributed by atoms with Crippen LogP contribution in [0.3, 0.4) is 0 Å². The van der Waals surface area contributed by atoms with E-state index in [4.69, 9.17) is 9.47 Å². The standard InChI is InChI=1S/C22H24N4O3S/c1-28-18-11-9-17(10-12-18)26-21(16-6-5-13-23-14-16)24-25-22(26)30-15-20(27)29-19-7-3-2-4-8-19/h5-6,9-14,19H,2-4,7-8,15H2,1H3. The average Bonchev–Trinajstić information content (AvgIpc) is 3.23. The summed E-state index contributed by atoms with van der Waals surface area (Å²) in [7, 11) is 1.63. The van der Waals surface area contributed by atoms with Gasteiger partial charge in [0, 0.05) is 23.6 Å². The van der Waals surface area contributed by atoms with Gasteiger partial charge in [-0.2, -0.15) is 0 Å². The number of carbonyl (C=O) groups is 1. The molecule has 0 bridgehead atoms. The summed E-state index contributed by atoms with van der Waals surface area (Å²) in [5.74, 6) is 1.41. The molecule has 0 unspecified atom stereocenters. The number of esters is 1.